The van der Waals surface area contributed by atoms with Crippen LogP contribution in [0.1, 0.15) is 80.9 Å². The van der Waals surface area contributed by atoms with Gasteiger partial charge < -0.3 is 18.9 Å². The third-order valence-electron chi connectivity index (χ3n) is 9.14. The Bertz CT molecular complexity index is 1990. The molecule has 282 valence electrons. The number of ketones is 1. The summed E-state index contributed by atoms with van der Waals surface area (Å²) in [5.41, 5.74) is 5.32. The van der Waals surface area contributed by atoms with E-state index in [4.69, 9.17) is 28.7 Å². The third kappa shape index (κ3) is 11.4. The van der Waals surface area contributed by atoms with Gasteiger partial charge in [-0.3, -0.25) is 4.79 Å². The lowest BCUT2D eigenvalue weighted by Gasteiger charge is -2.28. The van der Waals surface area contributed by atoms with Gasteiger partial charge in [0.15, 0.2) is 18.7 Å². The van der Waals surface area contributed by atoms with Crippen LogP contribution < -0.4 is 9.47 Å². The molecule has 0 bridgehead atoms. The number of esters is 1. The highest BCUT2D eigenvalue weighted by Crippen LogP contribution is 2.36. The molecule has 0 heterocycles. The van der Waals surface area contributed by atoms with E-state index in [1.54, 1.807) is 18.2 Å². The van der Waals surface area contributed by atoms with Crippen LogP contribution in [0.5, 0.6) is 11.5 Å². The number of allylic oxidation sites excluding steroid dienone is 1. The van der Waals surface area contributed by atoms with E-state index in [1.165, 1.54) is 0 Å². The number of carbonyl (C=O) groups is 2. The smallest absolute Gasteiger partial charge is 0.338 e. The van der Waals surface area contributed by atoms with Gasteiger partial charge in [0.25, 0.3) is 0 Å². The molecule has 1 aliphatic rings. The van der Waals surface area contributed by atoms with Crippen molar-refractivity contribution in [2.75, 3.05) is 26.6 Å². The number of ether oxygens (including phenoxy) is 4. The summed E-state index contributed by atoms with van der Waals surface area (Å²) in [5.74, 6) is 0.916. The van der Waals surface area contributed by atoms with Crippen LogP contribution in [0.4, 0.5) is 0 Å². The zero-order valence-electron chi connectivity index (χ0n) is 30.8. The van der Waals surface area contributed by atoms with Gasteiger partial charge in [0.2, 0.25) is 0 Å². The molecule has 8 nitrogen and oxygen atoms in total. The molecule has 6 rings (SSSR count). The molecule has 0 fully saturated rings. The molecule has 5 aromatic carbocycles. The molecule has 2 atom stereocenters. The second-order valence-electron chi connectivity index (χ2n) is 13.1. The van der Waals surface area contributed by atoms with Gasteiger partial charge in [0.05, 0.1) is 18.8 Å². The van der Waals surface area contributed by atoms with Crippen LogP contribution in [0, 0.1) is 0 Å². The SMILES string of the molecule is C=CCOOCCCCCCOc1ccc(OCO[C@@H](c2ccccc2)[C@H](OC(=O)c2ccc(/C=C3/Cc4ccccc4C3=O)cc2)c2ccccc2)cc1. The van der Waals surface area contributed by atoms with Crippen LogP contribution in [0.15, 0.2) is 152 Å². The maximum Gasteiger partial charge on any atom is 0.338 e. The van der Waals surface area contributed by atoms with Gasteiger partial charge in [0, 0.05) is 17.6 Å². The highest BCUT2D eigenvalue weighted by atomic mass is 17.2. The molecule has 5 aromatic rings. The van der Waals surface area contributed by atoms with E-state index in [2.05, 4.69) is 6.58 Å². The summed E-state index contributed by atoms with van der Waals surface area (Å²) >= 11 is 0. The zero-order valence-corrected chi connectivity index (χ0v) is 30.8. The predicted octanol–water partition coefficient (Wildman–Crippen LogP) is 10.3. The summed E-state index contributed by atoms with van der Waals surface area (Å²) < 4.78 is 24.6. The maximum absolute atomic E-state index is 13.7. The minimum absolute atomic E-state index is 0.0401. The molecule has 0 aromatic heterocycles. The highest BCUT2D eigenvalue weighted by molar-refractivity contribution is 6.15. The molecule has 0 unspecified atom stereocenters. The van der Waals surface area contributed by atoms with Gasteiger partial charge in [-0.1, -0.05) is 110 Å². The molecule has 55 heavy (non-hydrogen) atoms. The quantitative estimate of drug-likeness (QED) is 0.0140. The predicted molar refractivity (Wildman–Crippen MR) is 212 cm³/mol. The van der Waals surface area contributed by atoms with E-state index < -0.39 is 18.2 Å². The lowest BCUT2D eigenvalue weighted by molar-refractivity contribution is -0.286. The third-order valence-corrected chi connectivity index (χ3v) is 9.14. The number of carbonyl (C=O) groups excluding carboxylic acids is 2. The van der Waals surface area contributed by atoms with Crippen molar-refractivity contribution in [3.05, 3.63) is 185 Å². The van der Waals surface area contributed by atoms with Gasteiger partial charge in [-0.2, -0.15) is 0 Å². The molecule has 0 N–H and O–H groups in total. The number of hydrogen-bond donors (Lipinski definition) is 0. The van der Waals surface area contributed by atoms with E-state index in [1.807, 2.05) is 127 Å². The fourth-order valence-corrected chi connectivity index (χ4v) is 6.29. The van der Waals surface area contributed by atoms with Gasteiger partial charge in [-0.25, -0.2) is 14.6 Å². The van der Waals surface area contributed by atoms with E-state index in [-0.39, 0.29) is 12.6 Å². The summed E-state index contributed by atoms with van der Waals surface area (Å²) in [4.78, 5) is 36.6. The molecule has 0 aliphatic heterocycles. The number of Topliss-reactive ketones (excluding diaryl/α,β-unsaturated/α-hetero) is 1. The van der Waals surface area contributed by atoms with Crippen molar-refractivity contribution in [2.24, 2.45) is 0 Å². The van der Waals surface area contributed by atoms with Crippen molar-refractivity contribution in [3.63, 3.8) is 0 Å². The number of benzene rings is 5. The molecule has 0 saturated carbocycles. The lowest BCUT2D eigenvalue weighted by Crippen LogP contribution is -2.22. The molecule has 1 aliphatic carbocycles. The molecular formula is C47H46O8. The second kappa shape index (κ2) is 20.6. The molecule has 0 radical (unpaired) electrons. The van der Waals surface area contributed by atoms with E-state index >= 15 is 0 Å². The first-order valence-corrected chi connectivity index (χ1v) is 18.7. The molecule has 8 heteroatoms. The fourth-order valence-electron chi connectivity index (χ4n) is 6.29. The van der Waals surface area contributed by atoms with Crippen LogP contribution in [-0.4, -0.2) is 38.4 Å². The average molecular weight is 739 g/mol. The van der Waals surface area contributed by atoms with Gasteiger partial charge >= 0.3 is 5.97 Å². The van der Waals surface area contributed by atoms with Crippen LogP contribution in [0.25, 0.3) is 6.08 Å². The van der Waals surface area contributed by atoms with Crippen LogP contribution in [0.3, 0.4) is 0 Å². The normalized spacial score (nSPS) is 13.9. The van der Waals surface area contributed by atoms with Crippen LogP contribution in [0.2, 0.25) is 0 Å². The van der Waals surface area contributed by atoms with E-state index in [0.717, 1.165) is 64.8 Å². The zero-order chi connectivity index (χ0) is 38.1. The molecule has 0 spiro atoms. The summed E-state index contributed by atoms with van der Waals surface area (Å²) in [5, 5.41) is 0. The van der Waals surface area contributed by atoms with E-state index in [0.29, 0.717) is 37.6 Å². The minimum Gasteiger partial charge on any atom is -0.494 e. The Labute approximate surface area is 322 Å². The minimum atomic E-state index is -0.787. The van der Waals surface area contributed by atoms with Gasteiger partial charge in [-0.05, 0) is 84.0 Å². The highest BCUT2D eigenvalue weighted by Gasteiger charge is 2.30. The van der Waals surface area contributed by atoms with Crippen molar-refractivity contribution in [2.45, 2.75) is 44.3 Å². The standard InChI is InChI=1S/C47H46O8/c1-2-29-53-54-31-14-4-3-13-30-50-41-25-27-42(28-26-41)51-34-52-45(36-15-7-5-8-16-36)46(37-17-9-6-10-18-37)55-47(49)38-23-21-35(22-24-38)32-40-33-39-19-11-12-20-43(39)44(40)48/h2,5-12,15-28,32,45-46H,1,3-4,13-14,29-31,33-34H2/b40-32-/t45-,46+/m0/s1. The Morgan fingerprint density at radius 3 is 1.95 bits per heavy atom. The number of hydrogen-bond acceptors (Lipinski definition) is 8. The second-order valence-corrected chi connectivity index (χ2v) is 13.1. The maximum atomic E-state index is 13.7. The molecule has 0 amide bonds. The topological polar surface area (TPSA) is 89.5 Å². The summed E-state index contributed by atoms with van der Waals surface area (Å²) in [6.45, 7) is 5.08. The lowest BCUT2D eigenvalue weighted by atomic mass is 9.97. The molecular weight excluding hydrogens is 693 g/mol. The van der Waals surface area contributed by atoms with Crippen molar-refractivity contribution in [1.82, 2.24) is 0 Å². The Morgan fingerprint density at radius 1 is 0.655 bits per heavy atom. The Hall–Kier alpha value is -5.80. The van der Waals surface area contributed by atoms with Crippen molar-refractivity contribution in [1.29, 1.82) is 0 Å². The van der Waals surface area contributed by atoms with Gasteiger partial charge in [0.1, 0.15) is 24.2 Å². The summed E-state index contributed by atoms with van der Waals surface area (Å²) in [7, 11) is 0. The first-order chi connectivity index (χ1) is 27.1. The number of fused-ring (bicyclic) bond motifs is 1. The van der Waals surface area contributed by atoms with Crippen molar-refractivity contribution in [3.8, 4) is 11.5 Å². The Kier molecular flexibility index (Phi) is 14.6. The van der Waals surface area contributed by atoms with Gasteiger partial charge in [-0.15, -0.1) is 6.58 Å². The first-order valence-electron chi connectivity index (χ1n) is 18.7. The number of unbranched alkanes of at least 4 members (excludes halogenated alkanes) is 3. The fraction of sp³-hybridized carbons (Fsp3) is 0.234. The number of rotatable bonds is 21. The van der Waals surface area contributed by atoms with Crippen LogP contribution >= 0.6 is 0 Å². The Morgan fingerprint density at radius 2 is 1.27 bits per heavy atom. The summed E-state index contributed by atoms with van der Waals surface area (Å²) in [6.07, 6.45) is 6.60. The molecule has 0 saturated heterocycles. The van der Waals surface area contributed by atoms with E-state index in [9.17, 15) is 9.59 Å². The largest absolute Gasteiger partial charge is 0.494 e. The monoisotopic (exact) mass is 738 g/mol. The Balaban J connectivity index is 1.06. The van der Waals surface area contributed by atoms with Crippen molar-refractivity contribution < 1.29 is 38.3 Å². The summed E-state index contributed by atoms with van der Waals surface area (Å²) in [6, 6.07) is 41.4. The van der Waals surface area contributed by atoms with Crippen LogP contribution in [-0.2, 0) is 25.7 Å². The average Bonchev–Trinajstić information content (AvgIpc) is 3.55. The van der Waals surface area contributed by atoms with Crippen molar-refractivity contribution >= 4 is 17.8 Å². The first kappa shape index (κ1) is 38.9.